The molecule has 0 atom stereocenters. The fraction of sp³-hybridized carbons (Fsp3) is 0.167. The average Bonchev–Trinajstić information content (AvgIpc) is 2.98. The molecule has 0 spiro atoms. The summed E-state index contributed by atoms with van der Waals surface area (Å²) in [5, 5.41) is 24.7. The van der Waals surface area contributed by atoms with E-state index >= 15 is 0 Å². The van der Waals surface area contributed by atoms with Crippen molar-refractivity contribution in [3.63, 3.8) is 0 Å². The van der Waals surface area contributed by atoms with Gasteiger partial charge in [-0.05, 0) is 19.1 Å². The Balaban J connectivity index is 1.85. The predicted octanol–water partition coefficient (Wildman–Crippen LogP) is 1.79. The van der Waals surface area contributed by atoms with Crippen LogP contribution in [0.2, 0.25) is 0 Å². The third kappa shape index (κ3) is 3.58. The normalized spacial score (nSPS) is 10.5. The van der Waals surface area contributed by atoms with E-state index in [2.05, 4.69) is 20.8 Å². The molecule has 3 rings (SSSR count). The maximum Gasteiger partial charge on any atom is 0.300 e. The summed E-state index contributed by atoms with van der Waals surface area (Å²) in [5.74, 6) is -1.27. The molecule has 0 radical (unpaired) electrons. The van der Waals surface area contributed by atoms with Gasteiger partial charge in [-0.2, -0.15) is 5.26 Å². The highest BCUT2D eigenvalue weighted by Gasteiger charge is 2.23. The second-order valence-electron chi connectivity index (χ2n) is 5.57. The lowest BCUT2D eigenvalue weighted by Gasteiger charge is -2.06. The van der Waals surface area contributed by atoms with Crippen LogP contribution in [0.15, 0.2) is 45.9 Å². The molecule has 0 N–H and O–H groups in total. The topological polar surface area (TPSA) is 107 Å². The van der Waals surface area contributed by atoms with Gasteiger partial charge in [-0.15, -0.1) is 0 Å². The van der Waals surface area contributed by atoms with Gasteiger partial charge in [-0.25, -0.2) is 4.98 Å². The van der Waals surface area contributed by atoms with Crippen LogP contribution >= 0.6 is 11.8 Å². The fourth-order valence-corrected chi connectivity index (χ4v) is 3.17. The third-order valence-corrected chi connectivity index (χ3v) is 4.69. The van der Waals surface area contributed by atoms with E-state index in [1.165, 1.54) is 7.05 Å². The van der Waals surface area contributed by atoms with Crippen molar-refractivity contribution in [1.29, 1.82) is 5.26 Å². The number of thioether (sulfide) groups is 1. The Labute approximate surface area is 153 Å². The first-order chi connectivity index (χ1) is 12.5. The van der Waals surface area contributed by atoms with Crippen molar-refractivity contribution >= 4 is 17.5 Å². The lowest BCUT2D eigenvalue weighted by Crippen LogP contribution is -2.37. The van der Waals surface area contributed by atoms with Crippen molar-refractivity contribution in [2.45, 2.75) is 11.9 Å². The first-order valence-electron chi connectivity index (χ1n) is 7.66. The van der Waals surface area contributed by atoms with Crippen molar-refractivity contribution in [3.8, 4) is 23.3 Å². The number of hydrogen-bond donors (Lipinski definition) is 0. The monoisotopic (exact) mass is 366 g/mol. The average molecular weight is 366 g/mol. The zero-order valence-electron chi connectivity index (χ0n) is 14.1. The molecule has 2 heterocycles. The fourth-order valence-electron chi connectivity index (χ4n) is 2.33. The molecule has 0 fully saturated rings. The number of nitrogens with zero attached hydrogens (tertiary/aromatic N) is 4. The van der Waals surface area contributed by atoms with E-state index in [9.17, 15) is 15.2 Å². The molecule has 0 amide bonds. The molecule has 3 aromatic rings. The quantitative estimate of drug-likeness (QED) is 0.385. The summed E-state index contributed by atoms with van der Waals surface area (Å²) >= 11 is 1.10. The number of hydrogen-bond acceptors (Lipinski definition) is 7. The van der Waals surface area contributed by atoms with Gasteiger partial charge in [0.15, 0.2) is 13.0 Å². The van der Waals surface area contributed by atoms with Crippen molar-refractivity contribution in [2.75, 3.05) is 5.75 Å². The summed E-state index contributed by atoms with van der Waals surface area (Å²) < 4.78 is 5.56. The molecule has 130 valence electrons. The molecule has 8 heteroatoms. The van der Waals surface area contributed by atoms with Gasteiger partial charge in [0.1, 0.15) is 11.1 Å². The van der Waals surface area contributed by atoms with Gasteiger partial charge in [0.25, 0.3) is 5.69 Å². The summed E-state index contributed by atoms with van der Waals surface area (Å²) in [7, 11) is 1.46. The predicted molar refractivity (Wildman–Crippen MR) is 91.3 cm³/mol. The smallest absolute Gasteiger partial charge is 0.300 e. The van der Waals surface area contributed by atoms with Gasteiger partial charge >= 0.3 is 0 Å². The van der Waals surface area contributed by atoms with Crippen LogP contribution < -0.4 is 9.79 Å². The number of ketones is 1. The molecule has 0 bridgehead atoms. The molecular formula is C18H14N4O3S. The number of rotatable bonds is 5. The number of benzene rings is 1. The molecule has 2 aromatic heterocycles. The highest BCUT2D eigenvalue weighted by molar-refractivity contribution is 8.00. The van der Waals surface area contributed by atoms with Crippen LogP contribution in [-0.4, -0.2) is 21.8 Å². The van der Waals surface area contributed by atoms with E-state index < -0.39 is 11.7 Å². The summed E-state index contributed by atoms with van der Waals surface area (Å²) in [6.07, 6.45) is 0. The Morgan fingerprint density at radius 2 is 2.04 bits per heavy atom. The number of pyridine rings is 1. The Hall–Kier alpha value is -3.18. The lowest BCUT2D eigenvalue weighted by molar-refractivity contribution is -0.741. The number of carbonyl (C=O) groups excluding carboxylic acids is 1. The highest BCUT2D eigenvalue weighted by Crippen LogP contribution is 2.26. The van der Waals surface area contributed by atoms with Gasteiger partial charge in [0.2, 0.25) is 5.78 Å². The molecule has 0 saturated heterocycles. The van der Waals surface area contributed by atoms with E-state index in [1.54, 1.807) is 12.1 Å². The molecular weight excluding hydrogens is 352 g/mol. The first-order valence-corrected chi connectivity index (χ1v) is 8.65. The van der Waals surface area contributed by atoms with Gasteiger partial charge in [-0.3, -0.25) is 4.79 Å². The minimum absolute atomic E-state index is 0.0523. The van der Waals surface area contributed by atoms with E-state index in [1.807, 2.05) is 31.2 Å². The van der Waals surface area contributed by atoms with Crippen molar-refractivity contribution in [2.24, 2.45) is 7.05 Å². The van der Waals surface area contributed by atoms with Crippen LogP contribution in [0.5, 0.6) is 5.95 Å². The van der Waals surface area contributed by atoms with Gasteiger partial charge in [0.05, 0.1) is 22.3 Å². The van der Waals surface area contributed by atoms with Gasteiger partial charge in [-0.1, -0.05) is 46.3 Å². The maximum absolute atomic E-state index is 12.3. The second kappa shape index (κ2) is 7.37. The van der Waals surface area contributed by atoms with Crippen LogP contribution in [0.3, 0.4) is 0 Å². The third-order valence-electron chi connectivity index (χ3n) is 3.70. The van der Waals surface area contributed by atoms with E-state index in [4.69, 9.17) is 0 Å². The SMILES string of the molecule is Cc1ccc(-c2ccc(C#N)c(SCC(=O)c3c([O-])on[n+]3C)n2)cc1. The Bertz CT molecular complexity index is 987. The molecule has 1 aromatic carbocycles. The van der Waals surface area contributed by atoms with Crippen LogP contribution in [-0.2, 0) is 7.05 Å². The largest absolute Gasteiger partial charge is 0.539 e. The minimum atomic E-state index is -0.778. The molecule has 0 aliphatic heterocycles. The molecule has 0 aliphatic rings. The first kappa shape index (κ1) is 17.6. The highest BCUT2D eigenvalue weighted by atomic mass is 32.2. The number of aryl methyl sites for hydroxylation is 2. The number of nitriles is 1. The van der Waals surface area contributed by atoms with Crippen LogP contribution in [0.1, 0.15) is 21.6 Å². The molecule has 26 heavy (non-hydrogen) atoms. The van der Waals surface area contributed by atoms with Gasteiger partial charge < -0.3 is 9.63 Å². The number of aromatic nitrogens is 3. The van der Waals surface area contributed by atoms with E-state index in [-0.39, 0.29) is 11.4 Å². The Morgan fingerprint density at radius 1 is 1.31 bits per heavy atom. The Morgan fingerprint density at radius 3 is 2.65 bits per heavy atom. The lowest BCUT2D eigenvalue weighted by atomic mass is 10.1. The van der Waals surface area contributed by atoms with E-state index in [0.717, 1.165) is 27.6 Å². The summed E-state index contributed by atoms with van der Waals surface area (Å²) in [5.41, 5.74) is 3.00. The van der Waals surface area contributed by atoms with Crippen molar-refractivity contribution in [1.82, 2.24) is 10.3 Å². The van der Waals surface area contributed by atoms with Crippen LogP contribution in [0, 0.1) is 18.3 Å². The maximum atomic E-state index is 12.3. The minimum Gasteiger partial charge on any atom is -0.539 e. The molecule has 0 saturated carbocycles. The molecule has 7 nitrogen and oxygen atoms in total. The zero-order valence-corrected chi connectivity index (χ0v) is 14.9. The summed E-state index contributed by atoms with van der Waals surface area (Å²) in [6.45, 7) is 2.00. The Kier molecular flexibility index (Phi) is 5.00. The number of carbonyl (C=O) groups is 1. The van der Waals surface area contributed by atoms with E-state index in [0.29, 0.717) is 16.3 Å². The van der Waals surface area contributed by atoms with Crippen LogP contribution in [0.25, 0.3) is 11.3 Å². The summed E-state index contributed by atoms with van der Waals surface area (Å²) in [6, 6.07) is 13.4. The van der Waals surface area contributed by atoms with Crippen LogP contribution in [0.4, 0.5) is 0 Å². The van der Waals surface area contributed by atoms with Crippen molar-refractivity contribution < 1.29 is 19.1 Å². The number of Topliss-reactive ketones (excluding diaryl/α,β-unsaturated/α-hetero) is 1. The second-order valence-corrected chi connectivity index (χ2v) is 6.54. The van der Waals surface area contributed by atoms with Crippen molar-refractivity contribution in [3.05, 3.63) is 53.2 Å². The van der Waals surface area contributed by atoms with Gasteiger partial charge in [0, 0.05) is 5.56 Å². The zero-order chi connectivity index (χ0) is 18.7. The molecule has 0 aliphatic carbocycles. The molecule has 0 unspecified atom stereocenters. The summed E-state index contributed by atoms with van der Waals surface area (Å²) in [4.78, 5) is 16.8. The standard InChI is InChI=1S/C18H14N4O3S/c1-11-3-5-12(6-4-11)14-8-7-13(9-19)17(20-14)26-10-15(23)16-18(24)25-21-22(16)2/h3-8H,10H2,1-2H3.